The Bertz CT molecular complexity index is 357. The van der Waals surface area contributed by atoms with Crippen LogP contribution in [0.5, 0.6) is 0 Å². The number of carbonyl (C=O) groups is 1. The lowest BCUT2D eigenvalue weighted by Crippen LogP contribution is -2.24. The fourth-order valence-electron chi connectivity index (χ4n) is 1.52. The molecular formula is C13H17BrINO. The summed E-state index contributed by atoms with van der Waals surface area (Å²) in [5.74, 6) is 0.00589. The molecule has 0 spiro atoms. The van der Waals surface area contributed by atoms with Crippen molar-refractivity contribution in [2.24, 2.45) is 0 Å². The van der Waals surface area contributed by atoms with Crippen molar-refractivity contribution in [2.75, 3.05) is 11.0 Å². The zero-order valence-corrected chi connectivity index (χ0v) is 13.5. The second kappa shape index (κ2) is 8.91. The van der Waals surface area contributed by atoms with Crippen molar-refractivity contribution in [3.63, 3.8) is 0 Å². The zero-order chi connectivity index (χ0) is 12.5. The first kappa shape index (κ1) is 15.0. The first-order valence-electron chi connectivity index (χ1n) is 5.84. The van der Waals surface area contributed by atoms with Crippen molar-refractivity contribution < 1.29 is 4.79 Å². The predicted molar refractivity (Wildman–Crippen MR) is 83.8 cm³/mol. The number of benzene rings is 1. The molecule has 0 atom stereocenters. The van der Waals surface area contributed by atoms with Crippen LogP contribution in [0.4, 0.5) is 0 Å². The van der Waals surface area contributed by atoms with Gasteiger partial charge in [-0.25, -0.2) is 0 Å². The zero-order valence-electron chi connectivity index (χ0n) is 9.72. The normalized spacial score (nSPS) is 10.2. The van der Waals surface area contributed by atoms with Crippen LogP contribution in [0, 0.1) is 0 Å². The smallest absolute Gasteiger partial charge is 0.252 e. The van der Waals surface area contributed by atoms with Gasteiger partial charge in [0.1, 0.15) is 0 Å². The lowest BCUT2D eigenvalue weighted by atomic mass is 10.2. The van der Waals surface area contributed by atoms with E-state index in [2.05, 4.69) is 43.8 Å². The number of alkyl halides is 1. The molecule has 0 heterocycles. The van der Waals surface area contributed by atoms with E-state index < -0.39 is 0 Å². The number of nitrogens with one attached hydrogen (secondary N) is 1. The Kier molecular flexibility index (Phi) is 7.84. The molecule has 1 amide bonds. The van der Waals surface area contributed by atoms with E-state index in [1.165, 1.54) is 23.7 Å². The van der Waals surface area contributed by atoms with Crippen LogP contribution >= 0.6 is 38.5 Å². The topological polar surface area (TPSA) is 29.1 Å². The molecule has 0 aromatic heterocycles. The summed E-state index contributed by atoms with van der Waals surface area (Å²) in [6.07, 6.45) is 4.79. The van der Waals surface area contributed by atoms with Crippen LogP contribution in [0.25, 0.3) is 0 Å². The van der Waals surface area contributed by atoms with E-state index in [-0.39, 0.29) is 5.91 Å². The quantitative estimate of drug-likeness (QED) is 0.408. The average molecular weight is 410 g/mol. The molecule has 0 aliphatic rings. The number of hydrogen-bond acceptors (Lipinski definition) is 1. The van der Waals surface area contributed by atoms with E-state index in [1.807, 2.05) is 24.3 Å². The summed E-state index contributed by atoms with van der Waals surface area (Å²) >= 11 is 5.77. The van der Waals surface area contributed by atoms with Gasteiger partial charge in [0, 0.05) is 11.0 Å². The summed E-state index contributed by atoms with van der Waals surface area (Å²) < 4.78 is 2.07. The summed E-state index contributed by atoms with van der Waals surface area (Å²) in [5, 5.41) is 2.95. The molecule has 94 valence electrons. The highest BCUT2D eigenvalue weighted by molar-refractivity contribution is 14.1. The summed E-state index contributed by atoms with van der Waals surface area (Å²) in [6, 6.07) is 7.50. The molecular weight excluding hydrogens is 393 g/mol. The predicted octanol–water partition coefficient (Wildman–Crippen LogP) is 4.17. The molecule has 1 aromatic carbocycles. The van der Waals surface area contributed by atoms with Crippen LogP contribution in [0.3, 0.4) is 0 Å². The number of rotatable bonds is 7. The van der Waals surface area contributed by atoms with Crippen LogP contribution in [-0.2, 0) is 0 Å². The van der Waals surface area contributed by atoms with Crippen LogP contribution in [0.1, 0.15) is 36.0 Å². The van der Waals surface area contributed by atoms with Gasteiger partial charge in [-0.05, 0) is 45.3 Å². The van der Waals surface area contributed by atoms with Crippen LogP contribution in [0.2, 0.25) is 0 Å². The van der Waals surface area contributed by atoms with Gasteiger partial charge in [0.25, 0.3) is 5.91 Å². The van der Waals surface area contributed by atoms with Gasteiger partial charge in [0.15, 0.2) is 0 Å². The van der Waals surface area contributed by atoms with Gasteiger partial charge in [-0.3, -0.25) is 4.79 Å². The van der Waals surface area contributed by atoms with Crippen molar-refractivity contribution in [1.29, 1.82) is 0 Å². The average Bonchev–Trinajstić information content (AvgIpc) is 2.34. The Morgan fingerprint density at radius 3 is 2.59 bits per heavy atom. The van der Waals surface area contributed by atoms with Crippen molar-refractivity contribution in [3.05, 3.63) is 34.3 Å². The van der Waals surface area contributed by atoms with Gasteiger partial charge < -0.3 is 5.32 Å². The van der Waals surface area contributed by atoms with Crippen LogP contribution in [-0.4, -0.2) is 16.9 Å². The van der Waals surface area contributed by atoms with E-state index in [0.29, 0.717) is 5.56 Å². The molecule has 0 fully saturated rings. The van der Waals surface area contributed by atoms with Gasteiger partial charge in [-0.15, -0.1) is 0 Å². The van der Waals surface area contributed by atoms with Crippen molar-refractivity contribution in [1.82, 2.24) is 5.32 Å². The minimum atomic E-state index is 0.00589. The molecule has 1 aromatic rings. The van der Waals surface area contributed by atoms with Crippen LogP contribution in [0.15, 0.2) is 28.7 Å². The summed E-state index contributed by atoms with van der Waals surface area (Å²) in [4.78, 5) is 11.8. The van der Waals surface area contributed by atoms with Gasteiger partial charge in [0.05, 0.1) is 5.56 Å². The Hall–Kier alpha value is -0.100. The van der Waals surface area contributed by atoms with Crippen LogP contribution < -0.4 is 5.32 Å². The highest BCUT2D eigenvalue weighted by Gasteiger charge is 2.07. The van der Waals surface area contributed by atoms with Crippen molar-refractivity contribution >= 4 is 44.4 Å². The SMILES string of the molecule is O=C(NCCCCCCI)c1ccccc1Br. The molecule has 0 radical (unpaired) electrons. The Labute approximate surface area is 125 Å². The molecule has 0 saturated carbocycles. The van der Waals surface area contributed by atoms with E-state index in [0.717, 1.165) is 17.4 Å². The second-order valence-electron chi connectivity index (χ2n) is 3.84. The minimum Gasteiger partial charge on any atom is -0.352 e. The van der Waals surface area contributed by atoms with E-state index in [4.69, 9.17) is 0 Å². The molecule has 2 nitrogen and oxygen atoms in total. The highest BCUT2D eigenvalue weighted by Crippen LogP contribution is 2.15. The third kappa shape index (κ3) is 5.86. The molecule has 0 aliphatic carbocycles. The molecule has 0 unspecified atom stereocenters. The largest absolute Gasteiger partial charge is 0.352 e. The summed E-state index contributed by atoms with van der Waals surface area (Å²) in [6.45, 7) is 0.765. The number of amides is 1. The number of unbranched alkanes of at least 4 members (excludes halogenated alkanes) is 3. The Balaban J connectivity index is 2.24. The second-order valence-corrected chi connectivity index (χ2v) is 5.77. The Morgan fingerprint density at radius 2 is 1.88 bits per heavy atom. The molecule has 1 rings (SSSR count). The van der Waals surface area contributed by atoms with Gasteiger partial charge in [0.2, 0.25) is 0 Å². The molecule has 4 heteroatoms. The first-order valence-corrected chi connectivity index (χ1v) is 8.16. The van der Waals surface area contributed by atoms with Gasteiger partial charge >= 0.3 is 0 Å². The number of halogens is 2. The standard InChI is InChI=1S/C13H17BrINO/c14-12-8-4-3-7-11(12)13(17)16-10-6-2-1-5-9-15/h3-4,7-8H,1-2,5-6,9-10H2,(H,16,17). The Morgan fingerprint density at radius 1 is 1.18 bits per heavy atom. The maximum absolute atomic E-state index is 11.8. The molecule has 0 bridgehead atoms. The van der Waals surface area contributed by atoms with Gasteiger partial charge in [-0.1, -0.05) is 47.6 Å². The van der Waals surface area contributed by atoms with Gasteiger partial charge in [-0.2, -0.15) is 0 Å². The lowest BCUT2D eigenvalue weighted by molar-refractivity contribution is 0.0952. The van der Waals surface area contributed by atoms with Crippen molar-refractivity contribution in [2.45, 2.75) is 25.7 Å². The maximum Gasteiger partial charge on any atom is 0.252 e. The minimum absolute atomic E-state index is 0.00589. The van der Waals surface area contributed by atoms with E-state index >= 15 is 0 Å². The maximum atomic E-state index is 11.8. The third-order valence-electron chi connectivity index (χ3n) is 2.46. The summed E-state index contributed by atoms with van der Waals surface area (Å²) in [5.41, 5.74) is 0.708. The molecule has 17 heavy (non-hydrogen) atoms. The molecule has 0 aliphatic heterocycles. The lowest BCUT2D eigenvalue weighted by Gasteiger charge is -2.06. The highest BCUT2D eigenvalue weighted by atomic mass is 127. The fourth-order valence-corrected chi connectivity index (χ4v) is 2.52. The van der Waals surface area contributed by atoms with Crippen molar-refractivity contribution in [3.8, 4) is 0 Å². The third-order valence-corrected chi connectivity index (χ3v) is 3.92. The van der Waals surface area contributed by atoms with E-state index in [9.17, 15) is 4.79 Å². The fraction of sp³-hybridized carbons (Fsp3) is 0.462. The molecule has 0 saturated heterocycles. The molecule has 1 N–H and O–H groups in total. The number of carbonyl (C=O) groups excluding carboxylic acids is 1. The summed E-state index contributed by atoms with van der Waals surface area (Å²) in [7, 11) is 0. The number of hydrogen-bond donors (Lipinski definition) is 1. The van der Waals surface area contributed by atoms with E-state index in [1.54, 1.807) is 0 Å². The monoisotopic (exact) mass is 409 g/mol. The first-order chi connectivity index (χ1) is 8.25.